The molecule has 0 amide bonds. The molecule has 0 spiro atoms. The number of allylic oxidation sites excluding steroid dienone is 2. The Morgan fingerprint density at radius 3 is 2.25 bits per heavy atom. The first-order valence-electron chi connectivity index (χ1n) is 17.9. The van der Waals surface area contributed by atoms with E-state index in [1.54, 1.807) is 0 Å². The second kappa shape index (κ2) is 22.3. The van der Waals surface area contributed by atoms with Crippen molar-refractivity contribution in [2.24, 2.45) is 17.8 Å². The van der Waals surface area contributed by atoms with E-state index in [0.717, 1.165) is 5.56 Å². The second-order valence-electron chi connectivity index (χ2n) is 13.3. The molecular formula is C42H52O9. The fourth-order valence-corrected chi connectivity index (χ4v) is 6.29. The number of carbonyl (C=O) groups excluding carboxylic acids is 3. The van der Waals surface area contributed by atoms with Gasteiger partial charge in [-0.05, 0) is 107 Å². The van der Waals surface area contributed by atoms with Gasteiger partial charge in [-0.1, -0.05) is 42.5 Å². The van der Waals surface area contributed by atoms with Crippen molar-refractivity contribution in [3.8, 4) is 30.4 Å². The molecule has 1 aliphatic rings. The molecule has 9 heteroatoms. The molecule has 0 aliphatic heterocycles. The van der Waals surface area contributed by atoms with Gasteiger partial charge in [-0.2, -0.15) is 0 Å². The van der Waals surface area contributed by atoms with Gasteiger partial charge in [-0.15, -0.1) is 24.7 Å². The van der Waals surface area contributed by atoms with Crippen molar-refractivity contribution in [3.05, 3.63) is 77.9 Å². The lowest BCUT2D eigenvalue weighted by molar-refractivity contribution is -0.147. The molecule has 1 aliphatic carbocycles. The highest BCUT2D eigenvalue weighted by atomic mass is 16.7. The average Bonchev–Trinajstić information content (AvgIpc) is 3.37. The molecule has 0 radical (unpaired) electrons. The summed E-state index contributed by atoms with van der Waals surface area (Å²) in [6.45, 7) is 3.75. The Morgan fingerprint density at radius 2 is 1.59 bits per heavy atom. The molecule has 2 N–H and O–H groups in total. The van der Waals surface area contributed by atoms with Crippen molar-refractivity contribution in [3.63, 3.8) is 0 Å². The van der Waals surface area contributed by atoms with Gasteiger partial charge >= 0.3 is 18.1 Å². The summed E-state index contributed by atoms with van der Waals surface area (Å²) in [4.78, 5) is 37.2. The van der Waals surface area contributed by atoms with Crippen LogP contribution in [0.5, 0.6) is 5.75 Å². The number of hydrogen-bond donors (Lipinski definition) is 2. The van der Waals surface area contributed by atoms with Crippen molar-refractivity contribution in [1.29, 1.82) is 0 Å². The summed E-state index contributed by atoms with van der Waals surface area (Å²) in [5, 5.41) is 21.6. The van der Waals surface area contributed by atoms with Gasteiger partial charge in [0.2, 0.25) is 0 Å². The van der Waals surface area contributed by atoms with E-state index in [9.17, 15) is 24.6 Å². The first-order valence-corrected chi connectivity index (χ1v) is 17.9. The van der Waals surface area contributed by atoms with Crippen LogP contribution in [-0.4, -0.2) is 59.3 Å². The van der Waals surface area contributed by atoms with E-state index in [4.69, 9.17) is 31.8 Å². The molecule has 0 saturated heterocycles. The van der Waals surface area contributed by atoms with Gasteiger partial charge in [-0.25, -0.2) is 9.59 Å². The fourth-order valence-electron chi connectivity index (χ4n) is 6.29. The lowest BCUT2D eigenvalue weighted by atomic mass is 9.85. The summed E-state index contributed by atoms with van der Waals surface area (Å²) >= 11 is 0. The molecule has 0 unspecified atom stereocenters. The topological polar surface area (TPSA) is 129 Å². The molecule has 9 nitrogen and oxygen atoms in total. The SMILES string of the molecule is C#CCC(CC#C)COC(=O)c1ccc(OC(=O)O[C@@H](CCc2ccccc2)CC[C@@H]2[C@@H](CC=CCCCC(=O)OC(C)C)[C@@H](O)C[C@H]2O)cc1. The van der Waals surface area contributed by atoms with Crippen molar-refractivity contribution in [1.82, 2.24) is 0 Å². The van der Waals surface area contributed by atoms with Crippen LogP contribution in [0.3, 0.4) is 0 Å². The number of hydrogen-bond acceptors (Lipinski definition) is 9. The van der Waals surface area contributed by atoms with Crippen LogP contribution in [0.15, 0.2) is 66.7 Å². The summed E-state index contributed by atoms with van der Waals surface area (Å²) in [6.07, 6.45) is 17.6. The number of benzene rings is 2. The third-order valence-electron chi connectivity index (χ3n) is 8.95. The van der Waals surface area contributed by atoms with Crippen LogP contribution in [0.25, 0.3) is 0 Å². The maximum Gasteiger partial charge on any atom is 0.514 e. The Balaban J connectivity index is 1.56. The molecule has 0 aromatic heterocycles. The molecule has 51 heavy (non-hydrogen) atoms. The van der Waals surface area contributed by atoms with Crippen LogP contribution in [0, 0.1) is 42.4 Å². The molecule has 3 rings (SSSR count). The minimum absolute atomic E-state index is 0.106. The van der Waals surface area contributed by atoms with Crippen LogP contribution in [-0.2, 0) is 25.4 Å². The highest BCUT2D eigenvalue weighted by Gasteiger charge is 2.41. The molecule has 0 heterocycles. The first kappa shape index (κ1) is 40.9. The van der Waals surface area contributed by atoms with E-state index in [2.05, 4.69) is 11.8 Å². The zero-order chi connectivity index (χ0) is 37.0. The highest BCUT2D eigenvalue weighted by molar-refractivity contribution is 5.89. The number of ether oxygens (including phenoxy) is 4. The standard InChI is InChI=1S/C42H52O9/c1-5-14-32(15-6-2)29-48-41(46)33-21-24-35(25-22-33)51-42(47)50-34(23-20-31-16-10-9-11-17-31)26-27-37-36(38(43)28-39(37)44)18-12-7-8-13-19-40(45)49-30(3)4/h1-2,7,9-12,16-17,21-22,24-25,30,32,34,36-39,43-44H,8,13-15,18-20,23,26-29H2,3-4H3/t34-,36+,37+,38-,39+/m0/s1. The Labute approximate surface area is 302 Å². The smallest absolute Gasteiger partial charge is 0.463 e. The van der Waals surface area contributed by atoms with Crippen molar-refractivity contribution < 1.29 is 43.5 Å². The van der Waals surface area contributed by atoms with Crippen molar-refractivity contribution >= 4 is 18.1 Å². The number of terminal acetylenes is 2. The molecule has 0 bridgehead atoms. The van der Waals surface area contributed by atoms with E-state index < -0.39 is 30.4 Å². The zero-order valence-corrected chi connectivity index (χ0v) is 29.8. The number of rotatable bonds is 20. The average molecular weight is 701 g/mol. The molecule has 5 atom stereocenters. The van der Waals surface area contributed by atoms with Crippen LogP contribution in [0.4, 0.5) is 4.79 Å². The molecule has 2 aromatic carbocycles. The highest BCUT2D eigenvalue weighted by Crippen LogP contribution is 2.39. The van der Waals surface area contributed by atoms with E-state index >= 15 is 0 Å². The Bertz CT molecular complexity index is 1450. The molecular weight excluding hydrogens is 648 g/mol. The maximum absolute atomic E-state index is 13.0. The minimum atomic E-state index is -0.876. The van der Waals surface area contributed by atoms with E-state index in [-0.39, 0.29) is 47.7 Å². The number of carbonyl (C=O) groups is 3. The van der Waals surface area contributed by atoms with E-state index in [0.29, 0.717) is 70.6 Å². The van der Waals surface area contributed by atoms with Crippen LogP contribution >= 0.6 is 0 Å². The third kappa shape index (κ3) is 15.1. The second-order valence-corrected chi connectivity index (χ2v) is 13.3. The van der Waals surface area contributed by atoms with Gasteiger partial charge in [0.05, 0.1) is 30.5 Å². The number of aliphatic hydroxyl groups is 2. The number of esters is 2. The molecule has 1 fully saturated rings. The third-order valence-corrected chi connectivity index (χ3v) is 8.95. The predicted octanol–water partition coefficient (Wildman–Crippen LogP) is 7.23. The lowest BCUT2D eigenvalue weighted by Crippen LogP contribution is -2.26. The van der Waals surface area contributed by atoms with Crippen molar-refractivity contribution in [2.75, 3.05) is 6.61 Å². The van der Waals surface area contributed by atoms with Gasteiger partial charge in [0.15, 0.2) is 0 Å². The lowest BCUT2D eigenvalue weighted by Gasteiger charge is -2.25. The predicted molar refractivity (Wildman–Crippen MR) is 194 cm³/mol. The minimum Gasteiger partial charge on any atom is -0.463 e. The quantitative estimate of drug-likeness (QED) is 0.0367. The van der Waals surface area contributed by atoms with Crippen LogP contribution in [0.1, 0.15) is 94.0 Å². The number of aryl methyl sites for hydroxylation is 1. The van der Waals surface area contributed by atoms with E-state index in [1.807, 2.05) is 56.3 Å². The molecule has 1 saturated carbocycles. The Kier molecular flexibility index (Phi) is 17.9. The number of aliphatic hydroxyl groups excluding tert-OH is 2. The summed E-state index contributed by atoms with van der Waals surface area (Å²) in [6, 6.07) is 15.9. The van der Waals surface area contributed by atoms with Crippen LogP contribution in [0.2, 0.25) is 0 Å². The monoisotopic (exact) mass is 700 g/mol. The van der Waals surface area contributed by atoms with Gasteiger partial charge in [0.1, 0.15) is 11.9 Å². The Morgan fingerprint density at radius 1 is 0.902 bits per heavy atom. The summed E-state index contributed by atoms with van der Waals surface area (Å²) in [5.41, 5.74) is 1.38. The van der Waals surface area contributed by atoms with Gasteiger partial charge in [-0.3, -0.25) is 4.79 Å². The normalized spacial score (nSPS) is 19.0. The summed E-state index contributed by atoms with van der Waals surface area (Å²) in [5.74, 6) is 4.08. The zero-order valence-electron chi connectivity index (χ0n) is 29.8. The summed E-state index contributed by atoms with van der Waals surface area (Å²) < 4.78 is 21.8. The van der Waals surface area contributed by atoms with Gasteiger partial charge in [0, 0.05) is 25.2 Å². The van der Waals surface area contributed by atoms with Gasteiger partial charge in [0.25, 0.3) is 0 Å². The van der Waals surface area contributed by atoms with Crippen LogP contribution < -0.4 is 4.74 Å². The van der Waals surface area contributed by atoms with Gasteiger partial charge < -0.3 is 29.2 Å². The van der Waals surface area contributed by atoms with Crippen molar-refractivity contribution in [2.45, 2.75) is 109 Å². The Hall–Kier alpha value is -4.57. The van der Waals surface area contributed by atoms with E-state index in [1.165, 1.54) is 24.3 Å². The molecule has 274 valence electrons. The largest absolute Gasteiger partial charge is 0.514 e. The fraction of sp³-hybridized carbons (Fsp3) is 0.500. The first-order chi connectivity index (χ1) is 24.6. The maximum atomic E-state index is 13.0. The molecule has 2 aromatic rings. The number of unbranched alkanes of at least 4 members (excludes halogenated alkanes) is 1. The summed E-state index contributed by atoms with van der Waals surface area (Å²) in [7, 11) is 0.